The lowest BCUT2D eigenvalue weighted by Crippen LogP contribution is -2.32. The Bertz CT molecular complexity index is 587. The lowest BCUT2D eigenvalue weighted by Gasteiger charge is -2.30. The Morgan fingerprint density at radius 1 is 1.42 bits per heavy atom. The van der Waals surface area contributed by atoms with Crippen LogP contribution in [0, 0.1) is 0 Å². The van der Waals surface area contributed by atoms with Crippen LogP contribution in [0.2, 0.25) is 0 Å². The lowest BCUT2D eigenvalue weighted by molar-refractivity contribution is 0.618. The number of hydrogen-bond acceptors (Lipinski definition) is 3. The summed E-state index contributed by atoms with van der Waals surface area (Å²) in [7, 11) is 0. The Labute approximate surface area is 126 Å². The fourth-order valence-electron chi connectivity index (χ4n) is 2.56. The van der Waals surface area contributed by atoms with Crippen molar-refractivity contribution in [2.75, 3.05) is 11.1 Å². The van der Waals surface area contributed by atoms with E-state index in [0.717, 1.165) is 15.7 Å². The standard InChI is InChI=1S/C15H17BrN2S/c1-10-13(6-3-7-19-10)18-14-5-2-4-11-8-12(16)9-17-15(11)14/h2,4-5,8-10,13,18H,3,6-7H2,1H3. The van der Waals surface area contributed by atoms with Gasteiger partial charge >= 0.3 is 0 Å². The van der Waals surface area contributed by atoms with Crippen molar-refractivity contribution in [2.45, 2.75) is 31.1 Å². The van der Waals surface area contributed by atoms with Gasteiger partial charge in [0.05, 0.1) is 11.2 Å². The zero-order valence-electron chi connectivity index (χ0n) is 10.9. The molecule has 2 atom stereocenters. The molecule has 1 aliphatic rings. The van der Waals surface area contributed by atoms with Gasteiger partial charge in [0.25, 0.3) is 0 Å². The van der Waals surface area contributed by atoms with Gasteiger partial charge in [0.15, 0.2) is 0 Å². The van der Waals surface area contributed by atoms with Gasteiger partial charge in [0.2, 0.25) is 0 Å². The first-order valence-electron chi connectivity index (χ1n) is 6.66. The number of anilines is 1. The van der Waals surface area contributed by atoms with Crippen molar-refractivity contribution in [3.05, 3.63) is 34.9 Å². The summed E-state index contributed by atoms with van der Waals surface area (Å²) in [5.74, 6) is 1.29. The van der Waals surface area contributed by atoms with Crippen LogP contribution in [0.4, 0.5) is 5.69 Å². The van der Waals surface area contributed by atoms with Crippen molar-refractivity contribution in [1.29, 1.82) is 0 Å². The Hall–Kier alpha value is -0.740. The van der Waals surface area contributed by atoms with Crippen LogP contribution < -0.4 is 5.32 Å². The number of benzene rings is 1. The largest absolute Gasteiger partial charge is 0.379 e. The third kappa shape index (κ3) is 2.90. The molecule has 0 bridgehead atoms. The number of thioether (sulfide) groups is 1. The Balaban J connectivity index is 1.92. The second kappa shape index (κ2) is 5.71. The van der Waals surface area contributed by atoms with Gasteiger partial charge in [-0.2, -0.15) is 11.8 Å². The van der Waals surface area contributed by atoms with Crippen LogP contribution in [0.15, 0.2) is 34.9 Å². The van der Waals surface area contributed by atoms with E-state index in [4.69, 9.17) is 0 Å². The molecule has 0 radical (unpaired) electrons. The number of hydrogen-bond donors (Lipinski definition) is 1. The van der Waals surface area contributed by atoms with Crippen LogP contribution >= 0.6 is 27.7 Å². The first kappa shape index (κ1) is 13.3. The average molecular weight is 337 g/mol. The molecule has 19 heavy (non-hydrogen) atoms. The van der Waals surface area contributed by atoms with Gasteiger partial charge in [-0.15, -0.1) is 0 Å². The van der Waals surface area contributed by atoms with Crippen molar-refractivity contribution in [2.24, 2.45) is 0 Å². The second-order valence-corrected chi connectivity index (χ2v) is 7.40. The summed E-state index contributed by atoms with van der Waals surface area (Å²) >= 11 is 5.54. The van der Waals surface area contributed by atoms with Crippen molar-refractivity contribution in [3.63, 3.8) is 0 Å². The molecule has 0 saturated carbocycles. The number of nitrogens with one attached hydrogen (secondary N) is 1. The third-order valence-corrected chi connectivity index (χ3v) is 5.44. The van der Waals surface area contributed by atoms with E-state index >= 15 is 0 Å². The summed E-state index contributed by atoms with van der Waals surface area (Å²) < 4.78 is 1.03. The fourth-order valence-corrected chi connectivity index (χ4v) is 4.05. The molecule has 0 amide bonds. The van der Waals surface area contributed by atoms with Crippen LogP contribution in [0.5, 0.6) is 0 Å². The lowest BCUT2D eigenvalue weighted by atomic mass is 10.1. The molecule has 2 heterocycles. The Morgan fingerprint density at radius 2 is 2.32 bits per heavy atom. The minimum Gasteiger partial charge on any atom is -0.379 e. The summed E-state index contributed by atoms with van der Waals surface area (Å²) in [4.78, 5) is 4.56. The maximum absolute atomic E-state index is 4.56. The second-order valence-electron chi connectivity index (χ2n) is 5.00. The topological polar surface area (TPSA) is 24.9 Å². The smallest absolute Gasteiger partial charge is 0.0934 e. The van der Waals surface area contributed by atoms with E-state index in [2.05, 4.69) is 69.2 Å². The maximum Gasteiger partial charge on any atom is 0.0934 e. The fraction of sp³-hybridized carbons (Fsp3) is 0.400. The number of pyridine rings is 1. The minimum absolute atomic E-state index is 0.551. The molecule has 1 fully saturated rings. The molecule has 1 saturated heterocycles. The highest BCUT2D eigenvalue weighted by Gasteiger charge is 2.22. The van der Waals surface area contributed by atoms with Crippen molar-refractivity contribution < 1.29 is 0 Å². The quantitative estimate of drug-likeness (QED) is 0.860. The molecule has 100 valence electrons. The molecule has 1 aliphatic heterocycles. The van der Waals surface area contributed by atoms with E-state index in [9.17, 15) is 0 Å². The van der Waals surface area contributed by atoms with Gasteiger partial charge in [-0.1, -0.05) is 19.1 Å². The van der Waals surface area contributed by atoms with Gasteiger partial charge in [-0.3, -0.25) is 4.98 Å². The van der Waals surface area contributed by atoms with Crippen molar-refractivity contribution >= 4 is 44.3 Å². The minimum atomic E-state index is 0.551. The summed E-state index contributed by atoms with van der Waals surface area (Å²) in [5.41, 5.74) is 2.22. The molecule has 0 aliphatic carbocycles. The Kier molecular flexibility index (Phi) is 3.99. The number of aromatic nitrogens is 1. The molecule has 2 aromatic rings. The average Bonchev–Trinajstić information content (AvgIpc) is 2.41. The van der Waals surface area contributed by atoms with Crippen LogP contribution in [-0.4, -0.2) is 22.0 Å². The SMILES string of the molecule is CC1SCCCC1Nc1cccc2cc(Br)cnc12. The molecule has 3 rings (SSSR count). The first-order chi connectivity index (χ1) is 9.24. The molecule has 1 aromatic carbocycles. The number of rotatable bonds is 2. The van der Waals surface area contributed by atoms with E-state index in [-0.39, 0.29) is 0 Å². The van der Waals surface area contributed by atoms with Gasteiger partial charge in [-0.25, -0.2) is 0 Å². The zero-order valence-corrected chi connectivity index (χ0v) is 13.3. The van der Waals surface area contributed by atoms with E-state index in [1.165, 1.54) is 24.0 Å². The molecular weight excluding hydrogens is 320 g/mol. The van der Waals surface area contributed by atoms with Gasteiger partial charge in [0, 0.05) is 27.3 Å². The molecule has 2 unspecified atom stereocenters. The molecule has 0 spiro atoms. The van der Waals surface area contributed by atoms with Crippen LogP contribution in [-0.2, 0) is 0 Å². The van der Waals surface area contributed by atoms with Crippen molar-refractivity contribution in [1.82, 2.24) is 4.98 Å². The van der Waals surface area contributed by atoms with E-state index < -0.39 is 0 Å². The predicted octanol–water partition coefficient (Wildman–Crippen LogP) is 4.69. The number of fused-ring (bicyclic) bond motifs is 1. The molecule has 2 nitrogen and oxygen atoms in total. The summed E-state index contributed by atoms with van der Waals surface area (Å²) in [6, 6.07) is 9.01. The van der Waals surface area contributed by atoms with E-state index in [1.54, 1.807) is 0 Å². The van der Waals surface area contributed by atoms with E-state index in [0.29, 0.717) is 11.3 Å². The number of nitrogens with zero attached hydrogens (tertiary/aromatic N) is 1. The molecular formula is C15H17BrN2S. The van der Waals surface area contributed by atoms with Gasteiger partial charge in [0.1, 0.15) is 0 Å². The van der Waals surface area contributed by atoms with E-state index in [1.807, 2.05) is 6.20 Å². The summed E-state index contributed by atoms with van der Waals surface area (Å²) in [6.45, 7) is 2.32. The predicted molar refractivity (Wildman–Crippen MR) is 88.0 cm³/mol. The third-order valence-electron chi connectivity index (χ3n) is 3.63. The van der Waals surface area contributed by atoms with Gasteiger partial charge in [-0.05, 0) is 46.7 Å². The van der Waals surface area contributed by atoms with Crippen LogP contribution in [0.3, 0.4) is 0 Å². The van der Waals surface area contributed by atoms with Crippen molar-refractivity contribution in [3.8, 4) is 0 Å². The zero-order chi connectivity index (χ0) is 13.2. The molecule has 1 aromatic heterocycles. The monoisotopic (exact) mass is 336 g/mol. The highest BCUT2D eigenvalue weighted by Crippen LogP contribution is 2.30. The normalized spacial score (nSPS) is 23.5. The van der Waals surface area contributed by atoms with Crippen LogP contribution in [0.1, 0.15) is 19.8 Å². The summed E-state index contributed by atoms with van der Waals surface area (Å²) in [5, 5.41) is 5.54. The molecule has 1 N–H and O–H groups in total. The van der Waals surface area contributed by atoms with Crippen LogP contribution in [0.25, 0.3) is 10.9 Å². The first-order valence-corrected chi connectivity index (χ1v) is 8.50. The van der Waals surface area contributed by atoms with Gasteiger partial charge < -0.3 is 5.32 Å². The number of halogens is 1. The Morgan fingerprint density at radius 3 is 3.16 bits per heavy atom. The summed E-state index contributed by atoms with van der Waals surface area (Å²) in [6.07, 6.45) is 4.42. The maximum atomic E-state index is 4.56. The highest BCUT2D eigenvalue weighted by atomic mass is 79.9. The molecule has 4 heteroatoms. The highest BCUT2D eigenvalue weighted by molar-refractivity contribution is 9.10. The number of para-hydroxylation sites is 1.